The van der Waals surface area contributed by atoms with Crippen LogP contribution in [0.25, 0.3) is 16.7 Å². The standard InChI is InChI=1S/C18H23NO/c1-6-8-9-13(7-2)16-12-15-17(20-16)14(10-11-19-15)18(3,4)5/h10-12H,2,6,8-9H2,1,3-5H3. The highest BCUT2D eigenvalue weighted by molar-refractivity contribution is 5.81. The largest absolute Gasteiger partial charge is 0.454 e. The highest BCUT2D eigenvalue weighted by atomic mass is 16.3. The minimum atomic E-state index is 0.0395. The number of aromatic nitrogens is 1. The molecular formula is C18H23NO. The summed E-state index contributed by atoms with van der Waals surface area (Å²) in [4.78, 5) is 4.42. The number of allylic oxidation sites excluding steroid dienone is 1. The fraction of sp³-hybridized carbons (Fsp3) is 0.444. The van der Waals surface area contributed by atoms with Crippen molar-refractivity contribution >= 4 is 16.7 Å². The van der Waals surface area contributed by atoms with E-state index in [4.69, 9.17) is 4.42 Å². The molecule has 2 heterocycles. The van der Waals surface area contributed by atoms with Crippen LogP contribution in [-0.4, -0.2) is 4.98 Å². The van der Waals surface area contributed by atoms with E-state index in [-0.39, 0.29) is 5.41 Å². The normalized spacial score (nSPS) is 11.6. The molecule has 0 aliphatic heterocycles. The third-order valence-electron chi connectivity index (χ3n) is 3.51. The van der Waals surface area contributed by atoms with Crippen LogP contribution >= 0.6 is 0 Å². The van der Waals surface area contributed by atoms with Crippen LogP contribution in [0.2, 0.25) is 0 Å². The summed E-state index contributed by atoms with van der Waals surface area (Å²) in [5.41, 5.74) is 7.09. The van der Waals surface area contributed by atoms with Crippen molar-refractivity contribution in [1.29, 1.82) is 0 Å². The van der Waals surface area contributed by atoms with Crippen molar-refractivity contribution in [3.8, 4) is 0 Å². The van der Waals surface area contributed by atoms with Gasteiger partial charge in [-0.2, -0.15) is 0 Å². The summed E-state index contributed by atoms with van der Waals surface area (Å²) < 4.78 is 6.07. The lowest BCUT2D eigenvalue weighted by molar-refractivity contribution is 0.550. The third kappa shape index (κ3) is 2.86. The molecule has 0 atom stereocenters. The van der Waals surface area contributed by atoms with E-state index in [1.807, 2.05) is 18.3 Å². The van der Waals surface area contributed by atoms with Gasteiger partial charge in [0.2, 0.25) is 0 Å². The van der Waals surface area contributed by atoms with E-state index in [9.17, 15) is 0 Å². The monoisotopic (exact) mass is 269 g/mol. The lowest BCUT2D eigenvalue weighted by atomic mass is 9.87. The Morgan fingerprint density at radius 1 is 1.40 bits per heavy atom. The first kappa shape index (κ1) is 14.6. The summed E-state index contributed by atoms with van der Waals surface area (Å²) in [5.74, 6) is 0.854. The molecule has 0 aliphatic rings. The zero-order valence-electron chi connectivity index (χ0n) is 12.9. The van der Waals surface area contributed by atoms with Gasteiger partial charge in [-0.3, -0.25) is 4.98 Å². The van der Waals surface area contributed by atoms with Crippen LogP contribution in [0.15, 0.2) is 35.1 Å². The Balaban J connectivity index is 2.51. The summed E-state index contributed by atoms with van der Waals surface area (Å²) in [6.07, 6.45) is 5.07. The Bertz CT molecular complexity index is 652. The average molecular weight is 269 g/mol. The van der Waals surface area contributed by atoms with E-state index in [1.54, 1.807) is 0 Å². The van der Waals surface area contributed by atoms with Crippen LogP contribution in [0.3, 0.4) is 0 Å². The van der Waals surface area contributed by atoms with Crippen molar-refractivity contribution in [1.82, 2.24) is 4.98 Å². The predicted molar refractivity (Wildman–Crippen MR) is 84.8 cm³/mol. The molecule has 0 aliphatic carbocycles. The lowest BCUT2D eigenvalue weighted by Crippen LogP contribution is -2.11. The Kier molecular flexibility index (Phi) is 4.15. The summed E-state index contributed by atoms with van der Waals surface area (Å²) in [7, 11) is 0. The molecule has 0 saturated heterocycles. The number of nitrogens with zero attached hydrogens (tertiary/aromatic N) is 1. The van der Waals surface area contributed by atoms with Gasteiger partial charge in [0.15, 0.2) is 5.58 Å². The third-order valence-corrected chi connectivity index (χ3v) is 3.51. The summed E-state index contributed by atoms with van der Waals surface area (Å²) in [5, 5.41) is 0. The van der Waals surface area contributed by atoms with E-state index < -0.39 is 0 Å². The topological polar surface area (TPSA) is 26.0 Å². The molecule has 2 heteroatoms. The number of hydrogen-bond acceptors (Lipinski definition) is 2. The lowest BCUT2D eigenvalue weighted by Gasteiger charge is -2.18. The number of furan rings is 1. The SMILES string of the molecule is C=C=C(CCCC)c1cc2nccc(C(C)(C)C)c2o1. The first-order valence-corrected chi connectivity index (χ1v) is 7.25. The molecule has 0 saturated carbocycles. The Labute approximate surface area is 121 Å². The molecule has 2 nitrogen and oxygen atoms in total. The molecule has 0 amide bonds. The Hall–Kier alpha value is -1.79. The molecule has 0 N–H and O–H groups in total. The second-order valence-corrected chi connectivity index (χ2v) is 6.19. The second-order valence-electron chi connectivity index (χ2n) is 6.19. The molecule has 0 unspecified atom stereocenters. The van der Waals surface area contributed by atoms with Gasteiger partial charge in [0.25, 0.3) is 0 Å². The maximum atomic E-state index is 6.07. The molecule has 2 aromatic rings. The molecule has 2 rings (SSSR count). The summed E-state index contributed by atoms with van der Waals surface area (Å²) in [6, 6.07) is 4.05. The van der Waals surface area contributed by atoms with Crippen molar-refractivity contribution in [2.45, 2.75) is 52.4 Å². The van der Waals surface area contributed by atoms with Crippen molar-refractivity contribution in [3.05, 3.63) is 42.0 Å². The minimum Gasteiger partial charge on any atom is -0.454 e. The molecule has 106 valence electrons. The quantitative estimate of drug-likeness (QED) is 0.686. The molecular weight excluding hydrogens is 246 g/mol. The zero-order chi connectivity index (χ0) is 14.8. The minimum absolute atomic E-state index is 0.0395. The number of rotatable bonds is 4. The molecule has 0 bridgehead atoms. The van der Waals surface area contributed by atoms with Crippen LogP contribution in [-0.2, 0) is 5.41 Å². The molecule has 0 spiro atoms. The van der Waals surface area contributed by atoms with E-state index in [1.165, 1.54) is 5.56 Å². The Morgan fingerprint density at radius 2 is 2.15 bits per heavy atom. The molecule has 2 aromatic heterocycles. The van der Waals surface area contributed by atoms with Crippen LogP contribution < -0.4 is 0 Å². The van der Waals surface area contributed by atoms with Gasteiger partial charge in [-0.1, -0.05) is 40.7 Å². The van der Waals surface area contributed by atoms with Crippen LogP contribution in [0.4, 0.5) is 0 Å². The van der Waals surface area contributed by atoms with Crippen molar-refractivity contribution in [3.63, 3.8) is 0 Å². The maximum absolute atomic E-state index is 6.07. The fourth-order valence-electron chi connectivity index (χ4n) is 2.33. The van der Waals surface area contributed by atoms with E-state index in [0.717, 1.165) is 41.7 Å². The van der Waals surface area contributed by atoms with Gasteiger partial charge < -0.3 is 4.42 Å². The zero-order valence-corrected chi connectivity index (χ0v) is 12.9. The molecule has 0 fully saturated rings. The Morgan fingerprint density at radius 3 is 2.75 bits per heavy atom. The van der Waals surface area contributed by atoms with Crippen LogP contribution in [0, 0.1) is 0 Å². The number of unbranched alkanes of at least 4 members (excludes halogenated alkanes) is 1. The van der Waals surface area contributed by atoms with Crippen molar-refractivity contribution in [2.24, 2.45) is 0 Å². The van der Waals surface area contributed by atoms with Gasteiger partial charge in [-0.15, -0.1) is 5.73 Å². The van der Waals surface area contributed by atoms with Gasteiger partial charge in [-0.05, 0) is 24.3 Å². The van der Waals surface area contributed by atoms with Gasteiger partial charge in [0.1, 0.15) is 11.3 Å². The summed E-state index contributed by atoms with van der Waals surface area (Å²) >= 11 is 0. The van der Waals surface area contributed by atoms with Crippen molar-refractivity contribution in [2.75, 3.05) is 0 Å². The number of pyridine rings is 1. The van der Waals surface area contributed by atoms with E-state index >= 15 is 0 Å². The first-order chi connectivity index (χ1) is 9.47. The summed E-state index contributed by atoms with van der Waals surface area (Å²) in [6.45, 7) is 12.5. The first-order valence-electron chi connectivity index (χ1n) is 7.25. The van der Waals surface area contributed by atoms with Gasteiger partial charge in [0.05, 0.1) is 0 Å². The van der Waals surface area contributed by atoms with Gasteiger partial charge in [0, 0.05) is 23.4 Å². The van der Waals surface area contributed by atoms with Gasteiger partial charge >= 0.3 is 0 Å². The maximum Gasteiger partial charge on any atom is 0.156 e. The van der Waals surface area contributed by atoms with Gasteiger partial charge in [-0.25, -0.2) is 0 Å². The fourth-order valence-corrected chi connectivity index (χ4v) is 2.33. The predicted octanol–water partition coefficient (Wildman–Crippen LogP) is 5.48. The second kappa shape index (κ2) is 5.68. The van der Waals surface area contributed by atoms with E-state index in [2.05, 4.69) is 45.0 Å². The number of hydrogen-bond donors (Lipinski definition) is 0. The van der Waals surface area contributed by atoms with Crippen LogP contribution in [0.5, 0.6) is 0 Å². The molecule has 0 radical (unpaired) electrons. The highest BCUT2D eigenvalue weighted by Crippen LogP contribution is 2.33. The molecule has 0 aromatic carbocycles. The average Bonchev–Trinajstić information content (AvgIpc) is 2.81. The van der Waals surface area contributed by atoms with Crippen molar-refractivity contribution < 1.29 is 4.42 Å². The van der Waals surface area contributed by atoms with Crippen LogP contribution in [0.1, 0.15) is 58.3 Å². The molecule has 20 heavy (non-hydrogen) atoms. The number of fused-ring (bicyclic) bond motifs is 1. The highest BCUT2D eigenvalue weighted by Gasteiger charge is 2.20. The van der Waals surface area contributed by atoms with E-state index in [0.29, 0.717) is 0 Å². The smallest absolute Gasteiger partial charge is 0.156 e.